The highest BCUT2D eigenvalue weighted by Crippen LogP contribution is 2.27. The number of fused-ring (bicyclic) bond motifs is 1. The van der Waals surface area contributed by atoms with Gasteiger partial charge in [0, 0.05) is 23.2 Å². The molecule has 0 aliphatic heterocycles. The van der Waals surface area contributed by atoms with Gasteiger partial charge >= 0.3 is 5.97 Å². The molecule has 0 amide bonds. The Balaban J connectivity index is 1.64. The van der Waals surface area contributed by atoms with E-state index in [1.807, 2.05) is 24.3 Å². The van der Waals surface area contributed by atoms with Gasteiger partial charge < -0.3 is 14.8 Å². The topological polar surface area (TPSA) is 62.5 Å². The SMILES string of the molecule is Cc1c(C(=O)O)oc2ccc(NCCCc3ccccc3)cc12. The van der Waals surface area contributed by atoms with E-state index in [9.17, 15) is 4.79 Å². The van der Waals surface area contributed by atoms with Gasteiger partial charge in [-0.1, -0.05) is 30.3 Å². The van der Waals surface area contributed by atoms with E-state index in [0.29, 0.717) is 11.1 Å². The summed E-state index contributed by atoms with van der Waals surface area (Å²) in [5.74, 6) is -1.02. The van der Waals surface area contributed by atoms with Gasteiger partial charge in [0.25, 0.3) is 0 Å². The number of hydrogen-bond donors (Lipinski definition) is 2. The van der Waals surface area contributed by atoms with Crippen LogP contribution in [0.1, 0.15) is 28.1 Å². The predicted molar refractivity (Wildman–Crippen MR) is 91.2 cm³/mol. The number of carboxylic acid groups (broad SMARTS) is 1. The van der Waals surface area contributed by atoms with Crippen LogP contribution < -0.4 is 5.32 Å². The lowest BCUT2D eigenvalue weighted by molar-refractivity contribution is 0.0664. The molecule has 3 rings (SSSR count). The van der Waals surface area contributed by atoms with E-state index in [4.69, 9.17) is 9.52 Å². The summed E-state index contributed by atoms with van der Waals surface area (Å²) < 4.78 is 5.37. The van der Waals surface area contributed by atoms with Gasteiger partial charge in [-0.05, 0) is 43.5 Å². The molecule has 0 saturated heterocycles. The van der Waals surface area contributed by atoms with Crippen molar-refractivity contribution in [3.63, 3.8) is 0 Å². The van der Waals surface area contributed by atoms with Gasteiger partial charge in [0.15, 0.2) is 0 Å². The van der Waals surface area contributed by atoms with E-state index in [0.717, 1.165) is 30.5 Å². The maximum atomic E-state index is 11.1. The van der Waals surface area contributed by atoms with E-state index in [-0.39, 0.29) is 5.76 Å². The molecule has 0 radical (unpaired) electrons. The van der Waals surface area contributed by atoms with Crippen molar-refractivity contribution in [2.24, 2.45) is 0 Å². The summed E-state index contributed by atoms with van der Waals surface area (Å²) in [6.07, 6.45) is 2.07. The number of furan rings is 1. The van der Waals surface area contributed by atoms with Crippen LogP contribution in [0, 0.1) is 6.92 Å². The Morgan fingerprint density at radius 2 is 1.96 bits per heavy atom. The Kier molecular flexibility index (Phi) is 4.33. The Hall–Kier alpha value is -2.75. The maximum Gasteiger partial charge on any atom is 0.372 e. The van der Waals surface area contributed by atoms with Crippen LogP contribution in [0.3, 0.4) is 0 Å². The number of aryl methyl sites for hydroxylation is 2. The first-order chi connectivity index (χ1) is 11.1. The minimum atomic E-state index is -1.03. The monoisotopic (exact) mass is 309 g/mol. The summed E-state index contributed by atoms with van der Waals surface area (Å²) in [7, 11) is 0. The van der Waals surface area contributed by atoms with Crippen LogP contribution in [0.4, 0.5) is 5.69 Å². The molecule has 0 atom stereocenters. The lowest BCUT2D eigenvalue weighted by Crippen LogP contribution is -2.02. The standard InChI is InChI=1S/C19H19NO3/c1-13-16-12-15(9-10-17(16)23-18(13)19(21)22)20-11-5-8-14-6-3-2-4-7-14/h2-4,6-7,9-10,12,20H,5,8,11H2,1H3,(H,21,22). The van der Waals surface area contributed by atoms with Crippen LogP contribution in [0.15, 0.2) is 52.9 Å². The minimum absolute atomic E-state index is 0.0150. The second-order valence-corrected chi connectivity index (χ2v) is 5.59. The quantitative estimate of drug-likeness (QED) is 0.659. The summed E-state index contributed by atoms with van der Waals surface area (Å²) in [4.78, 5) is 11.1. The smallest absolute Gasteiger partial charge is 0.372 e. The van der Waals surface area contributed by atoms with Crippen molar-refractivity contribution in [1.82, 2.24) is 0 Å². The van der Waals surface area contributed by atoms with Crippen molar-refractivity contribution in [3.8, 4) is 0 Å². The summed E-state index contributed by atoms with van der Waals surface area (Å²) in [6.45, 7) is 2.64. The minimum Gasteiger partial charge on any atom is -0.475 e. The summed E-state index contributed by atoms with van der Waals surface area (Å²) >= 11 is 0. The molecule has 3 aromatic rings. The van der Waals surface area contributed by atoms with Crippen molar-refractivity contribution in [1.29, 1.82) is 0 Å². The summed E-state index contributed by atoms with van der Waals surface area (Å²) in [5.41, 5.74) is 3.59. The first-order valence-corrected chi connectivity index (χ1v) is 7.69. The van der Waals surface area contributed by atoms with Crippen LogP contribution >= 0.6 is 0 Å². The molecule has 0 bridgehead atoms. The second-order valence-electron chi connectivity index (χ2n) is 5.59. The molecule has 2 N–H and O–H groups in total. The first kappa shape index (κ1) is 15.2. The van der Waals surface area contributed by atoms with Crippen molar-refractivity contribution < 1.29 is 14.3 Å². The van der Waals surface area contributed by atoms with Gasteiger partial charge in [-0.2, -0.15) is 0 Å². The first-order valence-electron chi connectivity index (χ1n) is 7.69. The maximum absolute atomic E-state index is 11.1. The third kappa shape index (κ3) is 3.37. The molecule has 23 heavy (non-hydrogen) atoms. The fourth-order valence-corrected chi connectivity index (χ4v) is 2.70. The average molecular weight is 309 g/mol. The van der Waals surface area contributed by atoms with Crippen LogP contribution in [-0.4, -0.2) is 17.6 Å². The summed E-state index contributed by atoms with van der Waals surface area (Å²) in [5, 5.41) is 13.3. The van der Waals surface area contributed by atoms with E-state index < -0.39 is 5.97 Å². The Morgan fingerprint density at radius 3 is 2.70 bits per heavy atom. The van der Waals surface area contributed by atoms with Crippen LogP contribution in [0.5, 0.6) is 0 Å². The molecular weight excluding hydrogens is 290 g/mol. The lowest BCUT2D eigenvalue weighted by atomic mass is 10.1. The van der Waals surface area contributed by atoms with Crippen molar-refractivity contribution in [3.05, 3.63) is 65.4 Å². The molecule has 1 aromatic heterocycles. The number of aromatic carboxylic acids is 1. The number of nitrogens with one attached hydrogen (secondary N) is 1. The zero-order chi connectivity index (χ0) is 16.2. The molecule has 4 nitrogen and oxygen atoms in total. The fraction of sp³-hybridized carbons (Fsp3) is 0.211. The Bertz CT molecular complexity index is 821. The fourth-order valence-electron chi connectivity index (χ4n) is 2.70. The molecule has 0 aliphatic rings. The molecule has 4 heteroatoms. The highest BCUT2D eigenvalue weighted by Gasteiger charge is 2.16. The number of carboxylic acids is 1. The number of carbonyl (C=O) groups is 1. The molecule has 118 valence electrons. The molecule has 0 aliphatic carbocycles. The van der Waals surface area contributed by atoms with Gasteiger partial charge in [0.2, 0.25) is 5.76 Å². The van der Waals surface area contributed by atoms with E-state index in [2.05, 4.69) is 29.6 Å². The Morgan fingerprint density at radius 1 is 1.17 bits per heavy atom. The van der Waals surface area contributed by atoms with E-state index >= 15 is 0 Å². The predicted octanol–water partition coefficient (Wildman–Crippen LogP) is 4.48. The van der Waals surface area contributed by atoms with Gasteiger partial charge in [-0.25, -0.2) is 4.79 Å². The molecule has 0 unspecified atom stereocenters. The normalized spacial score (nSPS) is 10.8. The van der Waals surface area contributed by atoms with E-state index in [1.165, 1.54) is 5.56 Å². The van der Waals surface area contributed by atoms with Crippen molar-refractivity contribution in [2.75, 3.05) is 11.9 Å². The van der Waals surface area contributed by atoms with Crippen LogP contribution in [0.25, 0.3) is 11.0 Å². The lowest BCUT2D eigenvalue weighted by Gasteiger charge is -2.06. The van der Waals surface area contributed by atoms with Gasteiger partial charge in [0.1, 0.15) is 5.58 Å². The van der Waals surface area contributed by atoms with E-state index in [1.54, 1.807) is 6.92 Å². The zero-order valence-corrected chi connectivity index (χ0v) is 13.0. The number of hydrogen-bond acceptors (Lipinski definition) is 3. The summed E-state index contributed by atoms with van der Waals surface area (Å²) in [6, 6.07) is 16.1. The molecule has 0 spiro atoms. The van der Waals surface area contributed by atoms with Crippen LogP contribution in [-0.2, 0) is 6.42 Å². The zero-order valence-electron chi connectivity index (χ0n) is 13.0. The second kappa shape index (κ2) is 6.57. The number of benzene rings is 2. The molecule has 0 fully saturated rings. The Labute approximate surface area is 134 Å². The number of rotatable bonds is 6. The third-order valence-corrected chi connectivity index (χ3v) is 3.94. The highest BCUT2D eigenvalue weighted by molar-refractivity contribution is 5.95. The third-order valence-electron chi connectivity index (χ3n) is 3.94. The van der Waals surface area contributed by atoms with Crippen molar-refractivity contribution >= 4 is 22.6 Å². The average Bonchev–Trinajstić information content (AvgIpc) is 2.90. The highest BCUT2D eigenvalue weighted by atomic mass is 16.4. The van der Waals surface area contributed by atoms with Crippen LogP contribution in [0.2, 0.25) is 0 Å². The largest absolute Gasteiger partial charge is 0.475 e. The molecule has 2 aromatic carbocycles. The van der Waals surface area contributed by atoms with Gasteiger partial charge in [-0.3, -0.25) is 0 Å². The molecule has 1 heterocycles. The van der Waals surface area contributed by atoms with Gasteiger partial charge in [0.05, 0.1) is 0 Å². The van der Waals surface area contributed by atoms with Gasteiger partial charge in [-0.15, -0.1) is 0 Å². The number of anilines is 1. The molecular formula is C19H19NO3. The molecule has 0 saturated carbocycles. The van der Waals surface area contributed by atoms with Crippen molar-refractivity contribution in [2.45, 2.75) is 19.8 Å².